The molecule has 4 bridgehead atoms. The van der Waals surface area contributed by atoms with E-state index in [0.29, 0.717) is 60.0 Å². The molecule has 12 nitrogen and oxygen atoms in total. The Labute approximate surface area is 318 Å². The van der Waals surface area contributed by atoms with Crippen molar-refractivity contribution in [3.05, 3.63) is 47.5 Å². The maximum atomic E-state index is 13.5. The molecule has 7 rings (SSSR count). The lowest BCUT2D eigenvalue weighted by Crippen LogP contribution is -2.58. The van der Waals surface area contributed by atoms with E-state index in [0.717, 1.165) is 84.5 Å². The summed E-state index contributed by atoms with van der Waals surface area (Å²) >= 11 is 0. The third kappa shape index (κ3) is 7.43. The molecule has 54 heavy (non-hydrogen) atoms. The normalized spacial score (nSPS) is 33.6. The summed E-state index contributed by atoms with van der Waals surface area (Å²) in [6, 6.07) is 12.9. The number of carbonyl (C=O) groups is 4. The smallest absolute Gasteiger partial charge is 0.310 e. The molecule has 0 spiro atoms. The number of hydrogen-bond donors (Lipinski definition) is 0. The fraction of sp³-hybridized carbons (Fsp3) is 0.619. The van der Waals surface area contributed by atoms with Gasteiger partial charge in [0.25, 0.3) is 0 Å². The molecule has 5 fully saturated rings. The van der Waals surface area contributed by atoms with E-state index in [-0.39, 0.29) is 36.1 Å². The lowest BCUT2D eigenvalue weighted by Gasteiger charge is -2.47. The number of benzene rings is 2. The van der Waals surface area contributed by atoms with Gasteiger partial charge in [-0.05, 0) is 49.2 Å². The van der Waals surface area contributed by atoms with Gasteiger partial charge in [0.15, 0.2) is 23.0 Å². The van der Waals surface area contributed by atoms with E-state index in [2.05, 4.69) is 14.1 Å². The highest BCUT2D eigenvalue weighted by atomic mass is 16.6. The first kappa shape index (κ1) is 38.1. The van der Waals surface area contributed by atoms with Crippen LogP contribution in [0.15, 0.2) is 36.4 Å². The molecule has 1 aliphatic carbocycles. The van der Waals surface area contributed by atoms with Gasteiger partial charge in [0.05, 0.1) is 64.3 Å². The highest BCUT2D eigenvalue weighted by Gasteiger charge is 2.55. The molecular formula is C42H56N2O10+2. The lowest BCUT2D eigenvalue weighted by molar-refractivity contribution is -0.961. The van der Waals surface area contributed by atoms with Gasteiger partial charge in [-0.15, -0.1) is 0 Å². The van der Waals surface area contributed by atoms with Crippen LogP contribution in [-0.4, -0.2) is 97.5 Å². The van der Waals surface area contributed by atoms with Gasteiger partial charge in [-0.2, -0.15) is 0 Å². The van der Waals surface area contributed by atoms with E-state index < -0.39 is 11.8 Å². The van der Waals surface area contributed by atoms with Crippen molar-refractivity contribution in [3.63, 3.8) is 0 Å². The third-order valence-electron chi connectivity index (χ3n) is 13.6. The molecule has 0 radical (unpaired) electrons. The minimum absolute atomic E-state index is 0.151. The van der Waals surface area contributed by atoms with Gasteiger partial charge in [0.1, 0.15) is 25.3 Å². The Balaban J connectivity index is 0.909. The van der Waals surface area contributed by atoms with Gasteiger partial charge in [-0.1, -0.05) is 0 Å². The van der Waals surface area contributed by atoms with Crippen LogP contribution in [0.1, 0.15) is 89.2 Å². The van der Waals surface area contributed by atoms with Crippen molar-refractivity contribution < 1.29 is 56.6 Å². The van der Waals surface area contributed by atoms with E-state index in [1.807, 2.05) is 24.3 Å². The van der Waals surface area contributed by atoms with Crippen LogP contribution in [-0.2, 0) is 41.7 Å². The summed E-state index contributed by atoms with van der Waals surface area (Å²) in [5, 5.41) is 0. The lowest BCUT2D eigenvalue weighted by atomic mass is 9.73. The van der Waals surface area contributed by atoms with Crippen molar-refractivity contribution >= 4 is 23.9 Å². The van der Waals surface area contributed by atoms with Gasteiger partial charge >= 0.3 is 23.9 Å². The van der Waals surface area contributed by atoms with Crippen LogP contribution >= 0.6 is 0 Å². The van der Waals surface area contributed by atoms with Gasteiger partial charge in [0, 0.05) is 76.3 Å². The summed E-state index contributed by atoms with van der Waals surface area (Å²) in [6.45, 7) is 4.37. The summed E-state index contributed by atoms with van der Waals surface area (Å²) < 4.78 is 35.8. The maximum absolute atomic E-state index is 13.5. The third-order valence-corrected chi connectivity index (χ3v) is 13.6. The van der Waals surface area contributed by atoms with Crippen LogP contribution < -0.4 is 18.9 Å². The monoisotopic (exact) mass is 748 g/mol. The highest BCUT2D eigenvalue weighted by molar-refractivity contribution is 5.84. The first-order valence-electron chi connectivity index (χ1n) is 19.6. The molecule has 4 saturated heterocycles. The number of esters is 4. The molecule has 2 aromatic carbocycles. The van der Waals surface area contributed by atoms with Crippen LogP contribution in [0.25, 0.3) is 0 Å². The zero-order valence-electron chi connectivity index (χ0n) is 32.5. The van der Waals surface area contributed by atoms with E-state index in [1.165, 1.54) is 13.8 Å². The average molecular weight is 749 g/mol. The van der Waals surface area contributed by atoms with Crippen molar-refractivity contribution in [2.45, 2.75) is 128 Å². The predicted octanol–water partition coefficient (Wildman–Crippen LogP) is 5.65. The van der Waals surface area contributed by atoms with Gasteiger partial charge in [-0.3, -0.25) is 19.2 Å². The Hall–Kier alpha value is -4.16. The second-order valence-corrected chi connectivity index (χ2v) is 16.8. The summed E-state index contributed by atoms with van der Waals surface area (Å²) in [5.41, 5.74) is 2.21. The predicted molar refractivity (Wildman–Crippen MR) is 196 cm³/mol. The van der Waals surface area contributed by atoms with E-state index in [4.69, 9.17) is 28.4 Å². The number of fused-ring (bicyclic) bond motifs is 4. The van der Waals surface area contributed by atoms with Gasteiger partial charge < -0.3 is 37.4 Å². The molecule has 0 N–H and O–H groups in total. The van der Waals surface area contributed by atoms with Crippen LogP contribution in [0, 0.1) is 11.8 Å². The topological polar surface area (TPSA) is 124 Å². The van der Waals surface area contributed by atoms with Gasteiger partial charge in [0.2, 0.25) is 0 Å². The number of nitrogens with zero attached hydrogens (tertiary/aromatic N) is 2. The second-order valence-electron chi connectivity index (χ2n) is 16.8. The number of rotatable bonds is 12. The summed E-state index contributed by atoms with van der Waals surface area (Å²) in [6.07, 6.45) is 8.52. The molecule has 0 amide bonds. The van der Waals surface area contributed by atoms with Crippen LogP contribution in [0.5, 0.6) is 23.0 Å². The molecule has 6 atom stereocenters. The van der Waals surface area contributed by atoms with Gasteiger partial charge in [-0.25, -0.2) is 0 Å². The molecular weight excluding hydrogens is 692 g/mol. The van der Waals surface area contributed by atoms with Crippen LogP contribution in [0.2, 0.25) is 0 Å². The molecule has 1 saturated carbocycles. The van der Waals surface area contributed by atoms with Crippen molar-refractivity contribution in [1.82, 2.24) is 0 Å². The number of carbonyl (C=O) groups excluding carboxylic acids is 4. The van der Waals surface area contributed by atoms with Crippen LogP contribution in [0.4, 0.5) is 0 Å². The molecule has 4 aliphatic heterocycles. The Morgan fingerprint density at radius 1 is 0.556 bits per heavy atom. The fourth-order valence-electron chi connectivity index (χ4n) is 10.5. The minimum Gasteiger partial charge on any atom is -0.493 e. The van der Waals surface area contributed by atoms with Crippen LogP contribution in [0.3, 0.4) is 0 Å². The molecule has 5 aliphatic rings. The largest absolute Gasteiger partial charge is 0.493 e. The van der Waals surface area contributed by atoms with Crippen molar-refractivity contribution in [2.75, 3.05) is 28.3 Å². The van der Waals surface area contributed by atoms with E-state index >= 15 is 0 Å². The Bertz CT molecular complexity index is 1620. The standard InChI is InChI=1S/C42H56N2O10/c1-25(45)51-37-15-7-27(17-39(37)49-5)23-43(3)29-9-10-30(43)20-33(19-29)53-41(47)35-13-14-36(35)42(48)54-34-21-31-11-12-32(22-34)44(31,4)24-28-8-16-38(52-26(2)46)40(18-28)50-6/h7-8,15-18,29-36H,9-14,19-24H2,1-6H3/q+2/t29?,30?,31?,32?,33-,34?,35?,36?,43-,44?. The molecule has 12 heteroatoms. The average Bonchev–Trinajstić information content (AvgIpc) is 3.32. The molecule has 0 aromatic heterocycles. The maximum Gasteiger partial charge on any atom is 0.310 e. The van der Waals surface area contributed by atoms with Crippen molar-refractivity contribution in [3.8, 4) is 23.0 Å². The second kappa shape index (κ2) is 15.2. The highest BCUT2D eigenvalue weighted by Crippen LogP contribution is 2.47. The quantitative estimate of drug-likeness (QED) is 0.153. The zero-order valence-corrected chi connectivity index (χ0v) is 32.5. The zero-order chi connectivity index (χ0) is 38.4. The first-order chi connectivity index (χ1) is 25.8. The minimum atomic E-state index is -0.438. The molecule has 2 aromatic rings. The molecule has 6 unspecified atom stereocenters. The summed E-state index contributed by atoms with van der Waals surface area (Å²) in [7, 11) is 7.74. The summed E-state index contributed by atoms with van der Waals surface area (Å²) in [5.74, 6) is -0.257. The molecule has 4 heterocycles. The van der Waals surface area contributed by atoms with E-state index in [1.54, 1.807) is 26.4 Å². The van der Waals surface area contributed by atoms with Crippen molar-refractivity contribution in [1.29, 1.82) is 0 Å². The van der Waals surface area contributed by atoms with E-state index in [9.17, 15) is 19.2 Å². The number of ether oxygens (including phenoxy) is 6. The number of hydrogen-bond acceptors (Lipinski definition) is 10. The Morgan fingerprint density at radius 3 is 1.20 bits per heavy atom. The summed E-state index contributed by atoms with van der Waals surface area (Å²) in [4.78, 5) is 50.1. The SMILES string of the molecule is COc1cc(C[N+]2(C)C3CCC2CC(OC(=O)C2CCC2C(=O)O[C@H]2CC4CCC(C2)[N@@+]4(C)Cc2ccc(OC(C)=O)c(OC)c2)C3)ccc1OC(C)=O. The Kier molecular flexibility index (Phi) is 10.7. The number of methoxy groups -OCH3 is 2. The fourth-order valence-corrected chi connectivity index (χ4v) is 10.5. The molecule has 292 valence electrons. The Morgan fingerprint density at radius 2 is 0.907 bits per heavy atom. The number of piperidine rings is 2. The van der Waals surface area contributed by atoms with Crippen molar-refractivity contribution in [2.24, 2.45) is 11.8 Å². The number of quaternary nitrogens is 2. The first-order valence-corrected chi connectivity index (χ1v) is 19.6.